The molecule has 0 saturated heterocycles. The number of aryl methyl sites for hydroxylation is 1. The van der Waals surface area contributed by atoms with E-state index < -0.39 is 0 Å². The Balaban J connectivity index is 2.45. The van der Waals surface area contributed by atoms with Crippen LogP contribution in [0.5, 0.6) is 5.75 Å². The van der Waals surface area contributed by atoms with E-state index in [1.54, 1.807) is 7.11 Å². The molecule has 0 spiro atoms. The van der Waals surface area contributed by atoms with Gasteiger partial charge in [-0.05, 0) is 37.0 Å². The van der Waals surface area contributed by atoms with Crippen LogP contribution in [0.4, 0.5) is 0 Å². The van der Waals surface area contributed by atoms with Crippen LogP contribution < -0.4 is 4.74 Å². The maximum atomic E-state index is 6.76. The summed E-state index contributed by atoms with van der Waals surface area (Å²) in [4.78, 5) is 0. The van der Waals surface area contributed by atoms with Gasteiger partial charge in [0.25, 0.3) is 0 Å². The van der Waals surface area contributed by atoms with Crippen LogP contribution in [0.1, 0.15) is 18.4 Å². The molecule has 0 unspecified atom stereocenters. The number of rotatable bonds is 4. The fourth-order valence-electron chi connectivity index (χ4n) is 1.17. The minimum Gasteiger partial charge on any atom is -0.497 e. The van der Waals surface area contributed by atoms with E-state index in [2.05, 4.69) is 18.1 Å². The van der Waals surface area contributed by atoms with Crippen molar-refractivity contribution in [1.82, 2.24) is 0 Å². The van der Waals surface area contributed by atoms with Gasteiger partial charge >= 0.3 is 0 Å². The Labute approximate surface area is 79.7 Å². The first kappa shape index (κ1) is 9.67. The molecule has 1 radical (unpaired) electrons. The molecule has 0 aliphatic rings. The molecule has 1 heteroatoms. The van der Waals surface area contributed by atoms with E-state index in [0.29, 0.717) is 0 Å². The zero-order chi connectivity index (χ0) is 9.52. The summed E-state index contributed by atoms with van der Waals surface area (Å²) >= 11 is 0. The predicted octanol–water partition coefficient (Wildman–Crippen LogP) is 2.61. The average molecular weight is 173 g/mol. The molecule has 0 aliphatic heterocycles. The summed E-state index contributed by atoms with van der Waals surface area (Å²) in [6.07, 6.45) is 9.51. The van der Waals surface area contributed by atoms with Crippen LogP contribution in [0, 0.1) is 12.3 Å². The third-order valence-electron chi connectivity index (χ3n) is 1.93. The van der Waals surface area contributed by atoms with Crippen molar-refractivity contribution in [2.45, 2.75) is 19.3 Å². The second-order valence-corrected chi connectivity index (χ2v) is 2.88. The minimum atomic E-state index is 0.742. The number of unbranched alkanes of at least 4 members (excludes halogenated alkanes) is 1. The highest BCUT2D eigenvalue weighted by molar-refractivity contribution is 5.27. The van der Waals surface area contributed by atoms with Gasteiger partial charge in [-0.25, -0.2) is 0 Å². The molecule has 0 aromatic heterocycles. The molecule has 0 N–H and O–H groups in total. The van der Waals surface area contributed by atoms with Crippen molar-refractivity contribution in [2.24, 2.45) is 0 Å². The lowest BCUT2D eigenvalue weighted by molar-refractivity contribution is 0.414. The van der Waals surface area contributed by atoms with Crippen molar-refractivity contribution in [2.75, 3.05) is 7.11 Å². The summed E-state index contributed by atoms with van der Waals surface area (Å²) in [6, 6.07) is 8.04. The first-order valence-corrected chi connectivity index (χ1v) is 4.39. The van der Waals surface area contributed by atoms with Crippen molar-refractivity contribution >= 4 is 0 Å². The van der Waals surface area contributed by atoms with Gasteiger partial charge < -0.3 is 4.74 Å². The van der Waals surface area contributed by atoms with Crippen molar-refractivity contribution < 1.29 is 4.74 Å². The largest absolute Gasteiger partial charge is 0.497 e. The zero-order valence-corrected chi connectivity index (χ0v) is 7.84. The second-order valence-electron chi connectivity index (χ2n) is 2.88. The molecule has 0 fully saturated rings. The van der Waals surface area contributed by atoms with E-state index in [-0.39, 0.29) is 0 Å². The van der Waals surface area contributed by atoms with Gasteiger partial charge in [0.15, 0.2) is 0 Å². The van der Waals surface area contributed by atoms with Crippen LogP contribution in [-0.2, 0) is 6.42 Å². The fourth-order valence-corrected chi connectivity index (χ4v) is 1.17. The summed E-state index contributed by atoms with van der Waals surface area (Å²) < 4.78 is 5.05. The smallest absolute Gasteiger partial charge is 0.118 e. The number of methoxy groups -OCH3 is 1. The summed E-state index contributed by atoms with van der Waals surface area (Å²) in [5.41, 5.74) is 1.29. The molecule has 0 amide bonds. The van der Waals surface area contributed by atoms with E-state index in [1.165, 1.54) is 5.56 Å². The quantitative estimate of drug-likeness (QED) is 0.502. The minimum absolute atomic E-state index is 0.742. The van der Waals surface area contributed by atoms with E-state index in [0.717, 1.165) is 25.0 Å². The molecular weight excluding hydrogens is 160 g/mol. The molecule has 0 heterocycles. The van der Waals surface area contributed by atoms with Crippen LogP contribution in [0.3, 0.4) is 0 Å². The van der Waals surface area contributed by atoms with Crippen molar-refractivity contribution in [1.29, 1.82) is 0 Å². The first-order valence-electron chi connectivity index (χ1n) is 4.39. The molecule has 0 saturated carbocycles. The lowest BCUT2D eigenvalue weighted by atomic mass is 10.1. The molecule has 1 aromatic rings. The SMILES string of the molecule is [C]#CCCCc1ccc(OC)cc1. The van der Waals surface area contributed by atoms with Gasteiger partial charge in [0.1, 0.15) is 5.75 Å². The van der Waals surface area contributed by atoms with Gasteiger partial charge in [-0.1, -0.05) is 18.1 Å². The van der Waals surface area contributed by atoms with Crippen LogP contribution in [-0.4, -0.2) is 7.11 Å². The molecule has 0 atom stereocenters. The van der Waals surface area contributed by atoms with E-state index in [9.17, 15) is 0 Å². The highest BCUT2D eigenvalue weighted by atomic mass is 16.5. The average Bonchev–Trinajstić information content (AvgIpc) is 2.19. The van der Waals surface area contributed by atoms with Crippen LogP contribution >= 0.6 is 0 Å². The Hall–Kier alpha value is -1.42. The lowest BCUT2D eigenvalue weighted by Gasteiger charge is -2.01. The number of ether oxygens (including phenoxy) is 1. The molecular formula is C12H13O. The maximum Gasteiger partial charge on any atom is 0.118 e. The Kier molecular flexibility index (Phi) is 3.92. The predicted molar refractivity (Wildman–Crippen MR) is 53.1 cm³/mol. The van der Waals surface area contributed by atoms with E-state index in [4.69, 9.17) is 11.2 Å². The van der Waals surface area contributed by atoms with Crippen molar-refractivity contribution in [3.63, 3.8) is 0 Å². The number of benzene rings is 1. The second kappa shape index (κ2) is 5.27. The fraction of sp³-hybridized carbons (Fsp3) is 0.333. The molecule has 1 rings (SSSR count). The van der Waals surface area contributed by atoms with E-state index in [1.807, 2.05) is 12.1 Å². The Morgan fingerprint density at radius 1 is 1.31 bits per heavy atom. The number of hydrogen-bond donors (Lipinski definition) is 0. The normalized spacial score (nSPS) is 9.23. The van der Waals surface area contributed by atoms with Gasteiger partial charge in [-0.15, -0.1) is 0 Å². The van der Waals surface area contributed by atoms with Gasteiger partial charge in [-0.3, -0.25) is 0 Å². The van der Waals surface area contributed by atoms with Gasteiger partial charge in [0.05, 0.1) is 7.11 Å². The Morgan fingerprint density at radius 2 is 2.00 bits per heavy atom. The molecule has 13 heavy (non-hydrogen) atoms. The third kappa shape index (κ3) is 3.21. The van der Waals surface area contributed by atoms with Gasteiger partial charge in [0.2, 0.25) is 0 Å². The van der Waals surface area contributed by atoms with Crippen LogP contribution in [0.2, 0.25) is 0 Å². The standard InChI is InChI=1S/C12H13O/c1-3-4-5-6-11-7-9-12(13-2)10-8-11/h7-10H,4-6H2,2H3. The maximum absolute atomic E-state index is 6.76. The van der Waals surface area contributed by atoms with Gasteiger partial charge in [-0.2, -0.15) is 0 Å². The monoisotopic (exact) mass is 173 g/mol. The van der Waals surface area contributed by atoms with Gasteiger partial charge in [0, 0.05) is 6.42 Å². The summed E-state index contributed by atoms with van der Waals surface area (Å²) in [7, 11) is 1.67. The van der Waals surface area contributed by atoms with E-state index >= 15 is 0 Å². The first-order chi connectivity index (χ1) is 6.36. The highest BCUT2D eigenvalue weighted by Crippen LogP contribution is 2.12. The van der Waals surface area contributed by atoms with Crippen molar-refractivity contribution in [3.05, 3.63) is 36.3 Å². The van der Waals surface area contributed by atoms with Crippen LogP contribution in [0.25, 0.3) is 0 Å². The Morgan fingerprint density at radius 3 is 2.54 bits per heavy atom. The molecule has 0 aliphatic carbocycles. The summed E-state index contributed by atoms with van der Waals surface area (Å²) in [5, 5.41) is 0. The highest BCUT2D eigenvalue weighted by Gasteiger charge is 1.93. The topological polar surface area (TPSA) is 9.23 Å². The zero-order valence-electron chi connectivity index (χ0n) is 7.84. The summed E-state index contributed by atoms with van der Waals surface area (Å²) in [6.45, 7) is 0. The third-order valence-corrected chi connectivity index (χ3v) is 1.93. The van der Waals surface area contributed by atoms with Crippen molar-refractivity contribution in [3.8, 4) is 11.7 Å². The molecule has 67 valence electrons. The molecule has 1 nitrogen and oxygen atoms in total. The number of hydrogen-bond acceptors (Lipinski definition) is 1. The lowest BCUT2D eigenvalue weighted by Crippen LogP contribution is -1.86. The Bertz CT molecular complexity index is 279. The van der Waals surface area contributed by atoms with Crippen LogP contribution in [0.15, 0.2) is 24.3 Å². The molecule has 0 bridgehead atoms. The summed E-state index contributed by atoms with van der Waals surface area (Å²) in [5.74, 6) is 3.28. The molecule has 1 aromatic carbocycles.